The van der Waals surface area contributed by atoms with Gasteiger partial charge in [0.1, 0.15) is 6.10 Å². The number of aliphatic hydroxyl groups is 1. The summed E-state index contributed by atoms with van der Waals surface area (Å²) in [5.74, 6) is 0.148. The van der Waals surface area contributed by atoms with Gasteiger partial charge < -0.3 is 20.5 Å². The Morgan fingerprint density at radius 3 is 2.60 bits per heavy atom. The molecule has 2 unspecified atom stereocenters. The van der Waals surface area contributed by atoms with Crippen molar-refractivity contribution in [2.75, 3.05) is 13.1 Å². The molecule has 8 nitrogen and oxygen atoms in total. The quantitative estimate of drug-likeness (QED) is 0.560. The van der Waals surface area contributed by atoms with Gasteiger partial charge >= 0.3 is 0 Å². The standard InChI is InChI=1S/C17H25N3O5/c1-11(2)7-14(18)17(22)19-8-15(21)16(9-19)25-10-12-3-5-13(6-4-12)20(23)24/h3-6,11,14-16,21H,7-10,18H2,1-2H3/t14-,15?,16?/m0/s1. The third-order valence-corrected chi connectivity index (χ3v) is 4.20. The fourth-order valence-electron chi connectivity index (χ4n) is 2.86. The summed E-state index contributed by atoms with van der Waals surface area (Å²) in [6.45, 7) is 4.71. The number of carbonyl (C=O) groups is 1. The van der Waals surface area contributed by atoms with Gasteiger partial charge in [-0.05, 0) is 30.0 Å². The average Bonchev–Trinajstić information content (AvgIpc) is 2.92. The summed E-state index contributed by atoms with van der Waals surface area (Å²) < 4.78 is 5.69. The van der Waals surface area contributed by atoms with Gasteiger partial charge in [-0.15, -0.1) is 0 Å². The molecule has 0 spiro atoms. The zero-order valence-corrected chi connectivity index (χ0v) is 14.5. The van der Waals surface area contributed by atoms with Gasteiger partial charge in [-0.25, -0.2) is 0 Å². The lowest BCUT2D eigenvalue weighted by Crippen LogP contribution is -2.43. The SMILES string of the molecule is CC(C)C[C@H](N)C(=O)N1CC(O)C(OCc2ccc([N+](=O)[O-])cc2)C1. The van der Waals surface area contributed by atoms with E-state index < -0.39 is 23.2 Å². The Balaban J connectivity index is 1.87. The molecule has 0 aromatic heterocycles. The van der Waals surface area contributed by atoms with E-state index in [4.69, 9.17) is 10.5 Å². The highest BCUT2D eigenvalue weighted by molar-refractivity contribution is 5.82. The van der Waals surface area contributed by atoms with E-state index in [2.05, 4.69) is 0 Å². The molecule has 1 aromatic carbocycles. The smallest absolute Gasteiger partial charge is 0.269 e. The Bertz CT molecular complexity index is 605. The summed E-state index contributed by atoms with van der Waals surface area (Å²) in [4.78, 5) is 24.0. The van der Waals surface area contributed by atoms with E-state index >= 15 is 0 Å². The monoisotopic (exact) mass is 351 g/mol. The number of nitro groups is 1. The number of non-ortho nitro benzene ring substituents is 1. The van der Waals surface area contributed by atoms with Gasteiger partial charge in [-0.2, -0.15) is 0 Å². The molecule has 2 rings (SSSR count). The molecule has 1 saturated heterocycles. The first-order valence-corrected chi connectivity index (χ1v) is 8.35. The van der Waals surface area contributed by atoms with Crippen molar-refractivity contribution in [3.8, 4) is 0 Å². The van der Waals surface area contributed by atoms with Crippen molar-refractivity contribution in [2.45, 2.75) is 45.1 Å². The minimum Gasteiger partial charge on any atom is -0.388 e. The van der Waals surface area contributed by atoms with E-state index in [1.54, 1.807) is 12.1 Å². The Morgan fingerprint density at radius 1 is 1.40 bits per heavy atom. The van der Waals surface area contributed by atoms with Crippen LogP contribution in [0.25, 0.3) is 0 Å². The first-order chi connectivity index (χ1) is 11.8. The fraction of sp³-hybridized carbons (Fsp3) is 0.588. The van der Waals surface area contributed by atoms with Crippen LogP contribution in [0, 0.1) is 16.0 Å². The number of nitro benzene ring substituents is 1. The second kappa shape index (κ2) is 8.37. The van der Waals surface area contributed by atoms with E-state index in [0.29, 0.717) is 18.9 Å². The van der Waals surface area contributed by atoms with Gasteiger partial charge in [0.25, 0.3) is 5.69 Å². The minimum absolute atomic E-state index is 0.0144. The Morgan fingerprint density at radius 2 is 2.04 bits per heavy atom. The number of β-amino-alcohol motifs (C(OH)–C–C–N with tert-alkyl or cyclic N) is 1. The number of hydrogen-bond acceptors (Lipinski definition) is 6. The molecular weight excluding hydrogens is 326 g/mol. The maximum absolute atomic E-state index is 12.3. The molecule has 1 amide bonds. The summed E-state index contributed by atoms with van der Waals surface area (Å²) in [5.41, 5.74) is 6.70. The number of benzene rings is 1. The van der Waals surface area contributed by atoms with Gasteiger partial charge in [-0.1, -0.05) is 13.8 Å². The highest BCUT2D eigenvalue weighted by Gasteiger charge is 2.36. The molecule has 3 N–H and O–H groups in total. The summed E-state index contributed by atoms with van der Waals surface area (Å²) in [7, 11) is 0. The second-order valence-electron chi connectivity index (χ2n) is 6.82. The number of rotatable bonds is 7. The van der Waals surface area contributed by atoms with Crippen molar-refractivity contribution in [2.24, 2.45) is 11.7 Å². The van der Waals surface area contributed by atoms with Crippen LogP contribution in [0.1, 0.15) is 25.8 Å². The van der Waals surface area contributed by atoms with Crippen LogP contribution < -0.4 is 5.73 Å². The number of carbonyl (C=O) groups excluding carboxylic acids is 1. The van der Waals surface area contributed by atoms with Crippen molar-refractivity contribution in [1.82, 2.24) is 4.90 Å². The number of ether oxygens (including phenoxy) is 1. The lowest BCUT2D eigenvalue weighted by atomic mass is 10.0. The van der Waals surface area contributed by atoms with Gasteiger partial charge in [-0.3, -0.25) is 14.9 Å². The number of likely N-dealkylation sites (tertiary alicyclic amines) is 1. The maximum atomic E-state index is 12.3. The first kappa shape index (κ1) is 19.3. The van der Waals surface area contributed by atoms with Crippen LogP contribution >= 0.6 is 0 Å². The van der Waals surface area contributed by atoms with Crippen molar-refractivity contribution in [3.63, 3.8) is 0 Å². The molecule has 1 aromatic rings. The van der Waals surface area contributed by atoms with Gasteiger partial charge in [0.15, 0.2) is 0 Å². The molecule has 0 saturated carbocycles. The Kier molecular flexibility index (Phi) is 6.46. The lowest BCUT2D eigenvalue weighted by Gasteiger charge is -2.21. The molecule has 25 heavy (non-hydrogen) atoms. The molecule has 1 fully saturated rings. The average molecular weight is 351 g/mol. The van der Waals surface area contributed by atoms with Crippen molar-refractivity contribution < 1.29 is 19.6 Å². The topological polar surface area (TPSA) is 119 Å². The molecule has 0 bridgehead atoms. The second-order valence-corrected chi connectivity index (χ2v) is 6.82. The van der Waals surface area contributed by atoms with Crippen LogP contribution in [0.2, 0.25) is 0 Å². The van der Waals surface area contributed by atoms with Gasteiger partial charge in [0.2, 0.25) is 5.91 Å². The van der Waals surface area contributed by atoms with Crippen molar-refractivity contribution in [1.29, 1.82) is 0 Å². The highest BCUT2D eigenvalue weighted by Crippen LogP contribution is 2.19. The lowest BCUT2D eigenvalue weighted by molar-refractivity contribution is -0.384. The van der Waals surface area contributed by atoms with Crippen LogP contribution in [0.15, 0.2) is 24.3 Å². The fourth-order valence-corrected chi connectivity index (χ4v) is 2.86. The summed E-state index contributed by atoms with van der Waals surface area (Å²) >= 11 is 0. The number of aliphatic hydroxyl groups excluding tert-OH is 1. The number of amides is 1. The van der Waals surface area contributed by atoms with E-state index in [9.17, 15) is 20.0 Å². The Labute approximate surface area is 146 Å². The molecule has 1 aliphatic heterocycles. The third-order valence-electron chi connectivity index (χ3n) is 4.20. The molecule has 1 heterocycles. The molecule has 8 heteroatoms. The summed E-state index contributed by atoms with van der Waals surface area (Å²) in [6, 6.07) is 5.47. The molecule has 0 aliphatic carbocycles. The number of nitrogens with two attached hydrogens (primary N) is 1. The van der Waals surface area contributed by atoms with Crippen molar-refractivity contribution >= 4 is 11.6 Å². The van der Waals surface area contributed by atoms with Gasteiger partial charge in [0.05, 0.1) is 23.7 Å². The van der Waals surface area contributed by atoms with E-state index in [1.807, 2.05) is 13.8 Å². The van der Waals surface area contributed by atoms with E-state index in [-0.39, 0.29) is 24.7 Å². The predicted molar refractivity (Wildman–Crippen MR) is 91.7 cm³/mol. The molecule has 0 radical (unpaired) electrons. The first-order valence-electron chi connectivity index (χ1n) is 8.35. The highest BCUT2D eigenvalue weighted by atomic mass is 16.6. The molecule has 138 valence electrons. The third kappa shape index (κ3) is 5.22. The van der Waals surface area contributed by atoms with Crippen LogP contribution in [-0.4, -0.2) is 52.2 Å². The van der Waals surface area contributed by atoms with E-state index in [0.717, 1.165) is 5.56 Å². The molecular formula is C17H25N3O5. The van der Waals surface area contributed by atoms with Crippen LogP contribution in [0.5, 0.6) is 0 Å². The zero-order chi connectivity index (χ0) is 18.6. The summed E-state index contributed by atoms with van der Waals surface area (Å²) in [6.07, 6.45) is -0.668. The number of hydrogen-bond donors (Lipinski definition) is 2. The molecule has 1 aliphatic rings. The predicted octanol–water partition coefficient (Wildman–Crippen LogP) is 1.06. The summed E-state index contributed by atoms with van der Waals surface area (Å²) in [5, 5.41) is 20.8. The number of nitrogens with zero attached hydrogens (tertiary/aromatic N) is 2. The van der Waals surface area contributed by atoms with Crippen LogP contribution in [0.4, 0.5) is 5.69 Å². The molecule has 3 atom stereocenters. The van der Waals surface area contributed by atoms with E-state index in [1.165, 1.54) is 17.0 Å². The normalized spacial score (nSPS) is 21.6. The van der Waals surface area contributed by atoms with Crippen LogP contribution in [0.3, 0.4) is 0 Å². The zero-order valence-electron chi connectivity index (χ0n) is 14.5. The van der Waals surface area contributed by atoms with Crippen LogP contribution in [-0.2, 0) is 16.1 Å². The minimum atomic E-state index is -0.770. The van der Waals surface area contributed by atoms with Gasteiger partial charge in [0, 0.05) is 25.2 Å². The largest absolute Gasteiger partial charge is 0.388 e. The maximum Gasteiger partial charge on any atom is 0.269 e. The Hall–Kier alpha value is -2.03. The van der Waals surface area contributed by atoms with Crippen molar-refractivity contribution in [3.05, 3.63) is 39.9 Å².